The Morgan fingerprint density at radius 3 is 2.85 bits per heavy atom. The third-order valence-electron chi connectivity index (χ3n) is 3.94. The molecule has 1 unspecified atom stereocenters. The lowest BCUT2D eigenvalue weighted by Crippen LogP contribution is -2.36. The zero-order valence-electron chi connectivity index (χ0n) is 12.0. The molecule has 1 aliphatic rings. The molecule has 0 saturated carbocycles. The van der Waals surface area contributed by atoms with Gasteiger partial charge in [0.1, 0.15) is 0 Å². The molecule has 2 rings (SSSR count). The first kappa shape index (κ1) is 15.0. The van der Waals surface area contributed by atoms with E-state index in [1.807, 2.05) is 18.2 Å². The average Bonchev–Trinajstić information content (AvgIpc) is 2.49. The minimum Gasteiger partial charge on any atom is -0.469 e. The summed E-state index contributed by atoms with van der Waals surface area (Å²) in [5.74, 6) is 0.181. The van der Waals surface area contributed by atoms with E-state index in [0.29, 0.717) is 12.3 Å². The minimum atomic E-state index is -0.204. The molecule has 1 atom stereocenters. The van der Waals surface area contributed by atoms with Gasteiger partial charge in [-0.2, -0.15) is 0 Å². The van der Waals surface area contributed by atoms with Gasteiger partial charge < -0.3 is 9.84 Å². The number of likely N-dealkylation sites (tertiary alicyclic amines) is 1. The fourth-order valence-corrected chi connectivity index (χ4v) is 2.80. The Kier molecular flexibility index (Phi) is 5.56. The highest BCUT2D eigenvalue weighted by atomic mass is 16.5. The second kappa shape index (κ2) is 7.41. The van der Waals surface area contributed by atoms with E-state index in [4.69, 9.17) is 4.74 Å². The second-order valence-electron chi connectivity index (χ2n) is 5.45. The summed E-state index contributed by atoms with van der Waals surface area (Å²) in [7, 11) is 1.42. The van der Waals surface area contributed by atoms with Crippen molar-refractivity contribution >= 4 is 5.97 Å². The summed E-state index contributed by atoms with van der Waals surface area (Å²) >= 11 is 0. The van der Waals surface area contributed by atoms with Crippen LogP contribution in [-0.2, 0) is 22.5 Å². The van der Waals surface area contributed by atoms with Crippen molar-refractivity contribution in [3.63, 3.8) is 0 Å². The number of rotatable bonds is 5. The van der Waals surface area contributed by atoms with Crippen LogP contribution in [0.3, 0.4) is 0 Å². The molecule has 0 amide bonds. The van der Waals surface area contributed by atoms with Gasteiger partial charge in [-0.1, -0.05) is 24.3 Å². The number of carbonyl (C=O) groups is 1. The van der Waals surface area contributed by atoms with E-state index < -0.39 is 0 Å². The summed E-state index contributed by atoms with van der Waals surface area (Å²) in [6.07, 6.45) is 2.56. The maximum Gasteiger partial charge on any atom is 0.309 e. The smallest absolute Gasteiger partial charge is 0.309 e. The standard InChI is InChI=1S/C16H23NO3/c1-20-16(19)9-14-6-2-3-7-15(14)11-17-8-4-5-13(10-17)12-18/h2-3,6-7,13,18H,4-5,8-12H2,1H3. The number of benzene rings is 1. The number of methoxy groups -OCH3 is 1. The van der Waals surface area contributed by atoms with Gasteiger partial charge in [0.05, 0.1) is 13.5 Å². The first-order chi connectivity index (χ1) is 9.72. The highest BCUT2D eigenvalue weighted by molar-refractivity contribution is 5.72. The molecule has 1 aliphatic heterocycles. The predicted octanol–water partition coefficient (Wildman–Crippen LogP) is 1.61. The van der Waals surface area contributed by atoms with E-state index in [2.05, 4.69) is 11.0 Å². The SMILES string of the molecule is COC(=O)Cc1ccccc1CN1CCCC(CO)C1. The van der Waals surface area contributed by atoms with Crippen LogP contribution in [0, 0.1) is 5.92 Å². The average molecular weight is 277 g/mol. The third kappa shape index (κ3) is 4.05. The van der Waals surface area contributed by atoms with Crippen LogP contribution in [0.25, 0.3) is 0 Å². The van der Waals surface area contributed by atoms with Crippen molar-refractivity contribution in [3.8, 4) is 0 Å². The van der Waals surface area contributed by atoms with Crippen molar-refractivity contribution in [2.24, 2.45) is 5.92 Å². The van der Waals surface area contributed by atoms with Crippen molar-refractivity contribution in [2.45, 2.75) is 25.8 Å². The second-order valence-corrected chi connectivity index (χ2v) is 5.45. The molecule has 0 aromatic heterocycles. The lowest BCUT2D eigenvalue weighted by Gasteiger charge is -2.32. The van der Waals surface area contributed by atoms with Gasteiger partial charge in [0.25, 0.3) is 0 Å². The van der Waals surface area contributed by atoms with E-state index in [0.717, 1.165) is 38.0 Å². The number of carbonyl (C=O) groups excluding carboxylic acids is 1. The zero-order valence-corrected chi connectivity index (χ0v) is 12.0. The van der Waals surface area contributed by atoms with E-state index in [9.17, 15) is 9.90 Å². The molecule has 0 radical (unpaired) electrons. The Hall–Kier alpha value is -1.39. The molecular weight excluding hydrogens is 254 g/mol. The largest absolute Gasteiger partial charge is 0.469 e. The summed E-state index contributed by atoms with van der Waals surface area (Å²) in [6, 6.07) is 8.01. The highest BCUT2D eigenvalue weighted by Crippen LogP contribution is 2.20. The van der Waals surface area contributed by atoms with Gasteiger partial charge in [0, 0.05) is 19.7 Å². The molecule has 1 N–H and O–H groups in total. The summed E-state index contributed by atoms with van der Waals surface area (Å²) < 4.78 is 4.75. The van der Waals surface area contributed by atoms with Crippen LogP contribution in [0.5, 0.6) is 0 Å². The number of piperidine rings is 1. The van der Waals surface area contributed by atoms with Crippen molar-refractivity contribution in [1.82, 2.24) is 4.90 Å². The summed E-state index contributed by atoms with van der Waals surface area (Å²) in [6.45, 7) is 3.09. The molecular formula is C16H23NO3. The molecule has 1 fully saturated rings. The van der Waals surface area contributed by atoms with Gasteiger partial charge in [0.15, 0.2) is 0 Å². The first-order valence-electron chi connectivity index (χ1n) is 7.19. The lowest BCUT2D eigenvalue weighted by atomic mass is 9.97. The van der Waals surface area contributed by atoms with Crippen LogP contribution in [0.1, 0.15) is 24.0 Å². The lowest BCUT2D eigenvalue weighted by molar-refractivity contribution is -0.139. The predicted molar refractivity (Wildman–Crippen MR) is 77.2 cm³/mol. The third-order valence-corrected chi connectivity index (χ3v) is 3.94. The maximum absolute atomic E-state index is 11.5. The number of aliphatic hydroxyl groups excluding tert-OH is 1. The Morgan fingerprint density at radius 1 is 1.40 bits per heavy atom. The van der Waals surface area contributed by atoms with Gasteiger partial charge in [-0.05, 0) is 36.4 Å². The quantitative estimate of drug-likeness (QED) is 0.831. The van der Waals surface area contributed by atoms with E-state index in [-0.39, 0.29) is 12.6 Å². The molecule has 0 aliphatic carbocycles. The van der Waals surface area contributed by atoms with E-state index >= 15 is 0 Å². The number of hydrogen-bond acceptors (Lipinski definition) is 4. The van der Waals surface area contributed by atoms with Crippen LogP contribution in [-0.4, -0.2) is 42.8 Å². The molecule has 4 heteroatoms. The number of hydrogen-bond donors (Lipinski definition) is 1. The van der Waals surface area contributed by atoms with Crippen LogP contribution in [0.15, 0.2) is 24.3 Å². The van der Waals surface area contributed by atoms with Crippen molar-refractivity contribution in [2.75, 3.05) is 26.8 Å². The van der Waals surface area contributed by atoms with Crippen molar-refractivity contribution in [3.05, 3.63) is 35.4 Å². The number of nitrogens with zero attached hydrogens (tertiary/aromatic N) is 1. The van der Waals surface area contributed by atoms with Gasteiger partial charge in [-0.15, -0.1) is 0 Å². The Labute approximate surface area is 120 Å². The molecule has 1 aromatic carbocycles. The topological polar surface area (TPSA) is 49.8 Å². The monoisotopic (exact) mass is 277 g/mol. The number of ether oxygens (including phenoxy) is 1. The van der Waals surface area contributed by atoms with Crippen LogP contribution >= 0.6 is 0 Å². The molecule has 0 spiro atoms. The van der Waals surface area contributed by atoms with E-state index in [1.165, 1.54) is 12.7 Å². The molecule has 1 aromatic rings. The fraction of sp³-hybridized carbons (Fsp3) is 0.562. The summed E-state index contributed by atoms with van der Waals surface area (Å²) in [5, 5.41) is 9.29. The summed E-state index contributed by atoms with van der Waals surface area (Å²) in [5.41, 5.74) is 2.21. The number of esters is 1. The van der Waals surface area contributed by atoms with Crippen molar-refractivity contribution in [1.29, 1.82) is 0 Å². The molecule has 20 heavy (non-hydrogen) atoms. The highest BCUT2D eigenvalue weighted by Gasteiger charge is 2.20. The molecule has 1 saturated heterocycles. The Morgan fingerprint density at radius 2 is 2.15 bits per heavy atom. The Balaban J connectivity index is 2.03. The Bertz CT molecular complexity index is 447. The van der Waals surface area contributed by atoms with Crippen LogP contribution in [0.4, 0.5) is 0 Å². The van der Waals surface area contributed by atoms with Crippen LogP contribution in [0.2, 0.25) is 0 Å². The summed E-state index contributed by atoms with van der Waals surface area (Å²) in [4.78, 5) is 13.8. The number of aliphatic hydroxyl groups is 1. The minimum absolute atomic E-state index is 0.204. The molecule has 4 nitrogen and oxygen atoms in total. The van der Waals surface area contributed by atoms with Gasteiger partial charge in [0.2, 0.25) is 0 Å². The maximum atomic E-state index is 11.5. The fourth-order valence-electron chi connectivity index (χ4n) is 2.80. The molecule has 1 heterocycles. The van der Waals surface area contributed by atoms with Crippen LogP contribution < -0.4 is 0 Å². The van der Waals surface area contributed by atoms with Gasteiger partial charge in [-0.3, -0.25) is 9.69 Å². The van der Waals surface area contributed by atoms with Crippen molar-refractivity contribution < 1.29 is 14.6 Å². The molecule has 110 valence electrons. The normalized spacial score (nSPS) is 19.8. The van der Waals surface area contributed by atoms with Gasteiger partial charge in [-0.25, -0.2) is 0 Å². The zero-order chi connectivity index (χ0) is 14.4. The van der Waals surface area contributed by atoms with E-state index in [1.54, 1.807) is 0 Å². The van der Waals surface area contributed by atoms with Gasteiger partial charge >= 0.3 is 5.97 Å². The first-order valence-corrected chi connectivity index (χ1v) is 7.19. The molecule has 0 bridgehead atoms.